The van der Waals surface area contributed by atoms with E-state index in [0.29, 0.717) is 0 Å². The normalized spacial score (nSPS) is 17.6. The summed E-state index contributed by atoms with van der Waals surface area (Å²) < 4.78 is 0. The Kier molecular flexibility index (Phi) is 3.88. The summed E-state index contributed by atoms with van der Waals surface area (Å²) in [5, 5.41) is 7.44. The van der Waals surface area contributed by atoms with Crippen molar-refractivity contribution in [2.75, 3.05) is 18.4 Å². The number of hydrogen-bond acceptors (Lipinski definition) is 3. The van der Waals surface area contributed by atoms with E-state index in [4.69, 9.17) is 0 Å². The van der Waals surface area contributed by atoms with Gasteiger partial charge in [0.05, 0.1) is 22.8 Å². The Labute approximate surface area is 125 Å². The average Bonchev–Trinajstić information content (AvgIpc) is 2.55. The molecule has 2 N–H and O–H groups in total. The number of nitrogens with zero attached hydrogens (tertiary/aromatic N) is 1. The van der Waals surface area contributed by atoms with Gasteiger partial charge in [0.15, 0.2) is 0 Å². The molecule has 0 radical (unpaired) electrons. The van der Waals surface area contributed by atoms with Crippen LogP contribution in [0.15, 0.2) is 36.5 Å². The van der Waals surface area contributed by atoms with E-state index in [1.807, 2.05) is 30.3 Å². The molecule has 1 fully saturated rings. The van der Waals surface area contributed by atoms with Crippen molar-refractivity contribution < 1.29 is 4.79 Å². The second-order valence-electron chi connectivity index (χ2n) is 5.75. The molecule has 0 atom stereocenters. The van der Waals surface area contributed by atoms with Gasteiger partial charge in [-0.1, -0.05) is 25.1 Å². The predicted molar refractivity (Wildman–Crippen MR) is 85.2 cm³/mol. The second-order valence-corrected chi connectivity index (χ2v) is 5.75. The van der Waals surface area contributed by atoms with E-state index in [0.717, 1.165) is 48.9 Å². The number of carbonyl (C=O) groups is 1. The van der Waals surface area contributed by atoms with Crippen LogP contribution < -0.4 is 10.6 Å². The van der Waals surface area contributed by atoms with Crippen LogP contribution in [0, 0.1) is 5.41 Å². The van der Waals surface area contributed by atoms with E-state index in [9.17, 15) is 4.79 Å². The van der Waals surface area contributed by atoms with Crippen LogP contribution in [0.4, 0.5) is 5.69 Å². The molecule has 3 rings (SSSR count). The lowest BCUT2D eigenvalue weighted by Gasteiger charge is -2.35. The van der Waals surface area contributed by atoms with Crippen LogP contribution >= 0.6 is 0 Å². The summed E-state index contributed by atoms with van der Waals surface area (Å²) in [6, 6.07) is 9.93. The van der Waals surface area contributed by atoms with E-state index >= 15 is 0 Å². The number of fused-ring (bicyclic) bond motifs is 1. The highest BCUT2D eigenvalue weighted by Gasteiger charge is 2.37. The lowest BCUT2D eigenvalue weighted by Crippen LogP contribution is -2.44. The number of carbonyl (C=O) groups excluding carboxylic acids is 1. The number of aromatic nitrogens is 1. The number of benzene rings is 1. The molecule has 4 heteroatoms. The molecule has 21 heavy (non-hydrogen) atoms. The van der Waals surface area contributed by atoms with E-state index in [1.54, 1.807) is 6.20 Å². The van der Waals surface area contributed by atoms with Gasteiger partial charge < -0.3 is 10.6 Å². The minimum absolute atomic E-state index is 0.128. The van der Waals surface area contributed by atoms with Gasteiger partial charge in [0, 0.05) is 5.39 Å². The molecule has 1 aliphatic rings. The van der Waals surface area contributed by atoms with Gasteiger partial charge in [-0.15, -0.1) is 0 Å². The maximum absolute atomic E-state index is 12.7. The van der Waals surface area contributed by atoms with Gasteiger partial charge in [-0.25, -0.2) is 0 Å². The molecule has 1 aliphatic heterocycles. The van der Waals surface area contributed by atoms with Gasteiger partial charge >= 0.3 is 0 Å². The van der Waals surface area contributed by atoms with E-state index < -0.39 is 0 Å². The maximum Gasteiger partial charge on any atom is 0.230 e. The zero-order chi connectivity index (χ0) is 14.7. The van der Waals surface area contributed by atoms with Gasteiger partial charge in [-0.3, -0.25) is 9.78 Å². The first-order valence-corrected chi connectivity index (χ1v) is 7.60. The molecular formula is C17H21N3O. The summed E-state index contributed by atoms with van der Waals surface area (Å²) in [7, 11) is 0. The Morgan fingerprint density at radius 2 is 2.10 bits per heavy atom. The van der Waals surface area contributed by atoms with Crippen molar-refractivity contribution in [2.45, 2.75) is 26.2 Å². The fraction of sp³-hybridized carbons (Fsp3) is 0.412. The van der Waals surface area contributed by atoms with Crippen molar-refractivity contribution in [1.29, 1.82) is 0 Å². The first kappa shape index (κ1) is 14.0. The van der Waals surface area contributed by atoms with Gasteiger partial charge in [-0.2, -0.15) is 0 Å². The molecule has 1 saturated heterocycles. The van der Waals surface area contributed by atoms with Crippen LogP contribution in [-0.4, -0.2) is 24.0 Å². The number of anilines is 1. The molecule has 0 unspecified atom stereocenters. The summed E-state index contributed by atoms with van der Waals surface area (Å²) in [5.74, 6) is 0.128. The summed E-state index contributed by atoms with van der Waals surface area (Å²) in [6.07, 6.45) is 4.42. The van der Waals surface area contributed by atoms with E-state index in [-0.39, 0.29) is 11.3 Å². The van der Waals surface area contributed by atoms with Crippen molar-refractivity contribution >= 4 is 22.5 Å². The molecule has 1 amide bonds. The largest absolute Gasteiger partial charge is 0.324 e. The molecule has 110 valence electrons. The maximum atomic E-state index is 12.7. The third-order valence-electron chi connectivity index (χ3n) is 4.57. The molecular weight excluding hydrogens is 262 g/mol. The van der Waals surface area contributed by atoms with Gasteiger partial charge in [0.2, 0.25) is 5.91 Å². The Morgan fingerprint density at radius 3 is 2.86 bits per heavy atom. The Morgan fingerprint density at radius 1 is 1.33 bits per heavy atom. The highest BCUT2D eigenvalue weighted by atomic mass is 16.2. The molecule has 0 spiro atoms. The first-order chi connectivity index (χ1) is 10.2. The fourth-order valence-corrected chi connectivity index (χ4v) is 3.05. The van der Waals surface area contributed by atoms with Crippen molar-refractivity contribution in [3.05, 3.63) is 36.5 Å². The predicted octanol–water partition coefficient (Wildman–Crippen LogP) is 2.95. The third-order valence-corrected chi connectivity index (χ3v) is 4.57. The molecule has 1 aromatic carbocycles. The van der Waals surface area contributed by atoms with E-state index in [2.05, 4.69) is 22.5 Å². The van der Waals surface area contributed by atoms with Crippen molar-refractivity contribution in [2.24, 2.45) is 5.41 Å². The molecule has 0 saturated carbocycles. The summed E-state index contributed by atoms with van der Waals surface area (Å²) in [5.41, 5.74) is 1.49. The molecule has 2 heterocycles. The molecule has 1 aromatic heterocycles. The summed E-state index contributed by atoms with van der Waals surface area (Å²) in [6.45, 7) is 3.93. The molecule has 2 aromatic rings. The van der Waals surface area contributed by atoms with Crippen molar-refractivity contribution in [1.82, 2.24) is 10.3 Å². The molecule has 0 aliphatic carbocycles. The van der Waals surface area contributed by atoms with Crippen LogP contribution in [0.3, 0.4) is 0 Å². The van der Waals surface area contributed by atoms with Gasteiger partial charge in [-0.05, 0) is 44.5 Å². The zero-order valence-corrected chi connectivity index (χ0v) is 12.4. The standard InChI is InChI=1S/C17H21N3O/c1-2-17(7-9-18-10-8-17)16(21)20-14-11-13-5-3-4-6-15(13)19-12-14/h3-6,11-12,18H,2,7-10H2,1H3,(H,20,21). The highest BCUT2D eigenvalue weighted by molar-refractivity contribution is 5.96. The minimum atomic E-state index is -0.239. The SMILES string of the molecule is CCC1(C(=O)Nc2cnc3ccccc3c2)CCNCC1. The van der Waals surface area contributed by atoms with Crippen LogP contribution in [0.1, 0.15) is 26.2 Å². The average molecular weight is 283 g/mol. The minimum Gasteiger partial charge on any atom is -0.324 e. The fourth-order valence-electron chi connectivity index (χ4n) is 3.05. The lowest BCUT2D eigenvalue weighted by atomic mass is 9.76. The smallest absolute Gasteiger partial charge is 0.230 e. The summed E-state index contributed by atoms with van der Waals surface area (Å²) >= 11 is 0. The number of hydrogen-bond donors (Lipinski definition) is 2. The van der Waals surface area contributed by atoms with Crippen LogP contribution in [0.2, 0.25) is 0 Å². The Balaban J connectivity index is 1.81. The number of para-hydroxylation sites is 1. The van der Waals surface area contributed by atoms with Gasteiger partial charge in [0.1, 0.15) is 0 Å². The lowest BCUT2D eigenvalue weighted by molar-refractivity contribution is -0.127. The zero-order valence-electron chi connectivity index (χ0n) is 12.4. The quantitative estimate of drug-likeness (QED) is 0.910. The molecule has 0 bridgehead atoms. The second kappa shape index (κ2) is 5.82. The Hall–Kier alpha value is -1.94. The number of piperidine rings is 1. The van der Waals surface area contributed by atoms with Crippen LogP contribution in [0.5, 0.6) is 0 Å². The number of rotatable bonds is 3. The Bertz CT molecular complexity index is 647. The van der Waals surface area contributed by atoms with Crippen molar-refractivity contribution in [3.63, 3.8) is 0 Å². The van der Waals surface area contributed by atoms with Crippen molar-refractivity contribution in [3.8, 4) is 0 Å². The van der Waals surface area contributed by atoms with Crippen LogP contribution in [-0.2, 0) is 4.79 Å². The number of amides is 1. The number of nitrogens with one attached hydrogen (secondary N) is 2. The van der Waals surface area contributed by atoms with Crippen LogP contribution in [0.25, 0.3) is 10.9 Å². The molecule has 4 nitrogen and oxygen atoms in total. The summed E-state index contributed by atoms with van der Waals surface area (Å²) in [4.78, 5) is 17.1. The number of pyridine rings is 1. The highest BCUT2D eigenvalue weighted by Crippen LogP contribution is 2.34. The van der Waals surface area contributed by atoms with Gasteiger partial charge in [0.25, 0.3) is 0 Å². The topological polar surface area (TPSA) is 54.0 Å². The monoisotopic (exact) mass is 283 g/mol. The van der Waals surface area contributed by atoms with E-state index in [1.165, 1.54) is 0 Å². The third kappa shape index (κ3) is 2.76. The first-order valence-electron chi connectivity index (χ1n) is 7.60.